The Balaban J connectivity index is 1.74. The van der Waals surface area contributed by atoms with Crippen molar-refractivity contribution in [2.75, 3.05) is 0 Å². The lowest BCUT2D eigenvalue weighted by Gasteiger charge is -2.31. The van der Waals surface area contributed by atoms with Crippen molar-refractivity contribution in [1.82, 2.24) is 0 Å². The molecular weight excluding hydrogens is 392 g/mol. The first-order valence-corrected chi connectivity index (χ1v) is 12.8. The standard InChI is InChI=1S/C30H44O2/c1-21(2)17-26-20-25(28(23(5)6)18-22(3)4)15-16-29(26)32-30-14-10-13-27(31-30)19-24-11-8-7-9-12-24/h7-9,11-12,15-16,20-23,27-28,30H,10,13-14,17-19H2,1-6H3. The van der Waals surface area contributed by atoms with E-state index >= 15 is 0 Å². The second kappa shape index (κ2) is 11.9. The van der Waals surface area contributed by atoms with E-state index in [4.69, 9.17) is 9.47 Å². The van der Waals surface area contributed by atoms with Crippen LogP contribution in [-0.2, 0) is 17.6 Å². The molecule has 1 fully saturated rings. The van der Waals surface area contributed by atoms with Crippen molar-refractivity contribution < 1.29 is 9.47 Å². The first kappa shape index (κ1) is 24.8. The molecule has 0 bridgehead atoms. The predicted octanol–water partition coefficient (Wildman–Crippen LogP) is 8.19. The fourth-order valence-electron chi connectivity index (χ4n) is 4.96. The molecule has 32 heavy (non-hydrogen) atoms. The molecule has 1 saturated heterocycles. The molecule has 2 heteroatoms. The summed E-state index contributed by atoms with van der Waals surface area (Å²) in [7, 11) is 0. The van der Waals surface area contributed by atoms with Gasteiger partial charge in [-0.2, -0.15) is 0 Å². The van der Waals surface area contributed by atoms with Gasteiger partial charge in [-0.3, -0.25) is 0 Å². The lowest BCUT2D eigenvalue weighted by molar-refractivity contribution is -0.146. The quantitative estimate of drug-likeness (QED) is 0.374. The Labute approximate surface area is 196 Å². The van der Waals surface area contributed by atoms with Crippen LogP contribution in [0.3, 0.4) is 0 Å². The van der Waals surface area contributed by atoms with E-state index in [2.05, 4.69) is 90.1 Å². The summed E-state index contributed by atoms with van der Waals surface area (Å²) in [5, 5.41) is 0. The molecule has 1 heterocycles. The van der Waals surface area contributed by atoms with Gasteiger partial charge in [-0.05, 0) is 78.5 Å². The maximum atomic E-state index is 6.51. The minimum Gasteiger partial charge on any atom is -0.465 e. The van der Waals surface area contributed by atoms with E-state index in [1.165, 1.54) is 23.1 Å². The van der Waals surface area contributed by atoms with Crippen molar-refractivity contribution in [3.63, 3.8) is 0 Å². The third-order valence-electron chi connectivity index (χ3n) is 6.55. The van der Waals surface area contributed by atoms with Crippen molar-refractivity contribution in [2.24, 2.45) is 17.8 Å². The molecule has 0 amide bonds. The maximum Gasteiger partial charge on any atom is 0.200 e. The van der Waals surface area contributed by atoms with Crippen LogP contribution < -0.4 is 4.74 Å². The molecule has 2 nitrogen and oxygen atoms in total. The summed E-state index contributed by atoms with van der Waals surface area (Å²) >= 11 is 0. The van der Waals surface area contributed by atoms with Crippen molar-refractivity contribution in [1.29, 1.82) is 0 Å². The van der Waals surface area contributed by atoms with Gasteiger partial charge in [0.1, 0.15) is 5.75 Å². The lowest BCUT2D eigenvalue weighted by Crippen LogP contribution is -2.33. The third-order valence-corrected chi connectivity index (χ3v) is 6.55. The van der Waals surface area contributed by atoms with Gasteiger partial charge in [-0.25, -0.2) is 0 Å². The van der Waals surface area contributed by atoms with Crippen LogP contribution in [0.2, 0.25) is 0 Å². The first-order valence-electron chi connectivity index (χ1n) is 12.8. The Morgan fingerprint density at radius 1 is 0.906 bits per heavy atom. The summed E-state index contributed by atoms with van der Waals surface area (Å²) < 4.78 is 12.9. The minimum absolute atomic E-state index is 0.147. The highest BCUT2D eigenvalue weighted by Crippen LogP contribution is 2.35. The summed E-state index contributed by atoms with van der Waals surface area (Å²) in [6.45, 7) is 13.9. The average molecular weight is 437 g/mol. The second-order valence-corrected chi connectivity index (χ2v) is 10.9. The lowest BCUT2D eigenvalue weighted by atomic mass is 9.81. The van der Waals surface area contributed by atoms with Crippen LogP contribution in [0, 0.1) is 17.8 Å². The van der Waals surface area contributed by atoms with Crippen molar-refractivity contribution >= 4 is 0 Å². The zero-order valence-electron chi connectivity index (χ0n) is 21.1. The topological polar surface area (TPSA) is 18.5 Å². The third kappa shape index (κ3) is 7.37. The monoisotopic (exact) mass is 436 g/mol. The normalized spacial score (nSPS) is 20.2. The molecule has 176 valence electrons. The second-order valence-electron chi connectivity index (χ2n) is 10.9. The number of rotatable bonds is 10. The smallest absolute Gasteiger partial charge is 0.200 e. The molecule has 1 aliphatic heterocycles. The molecule has 0 radical (unpaired) electrons. The van der Waals surface area contributed by atoms with E-state index in [0.29, 0.717) is 23.7 Å². The van der Waals surface area contributed by atoms with Crippen molar-refractivity contribution in [3.8, 4) is 5.75 Å². The van der Waals surface area contributed by atoms with Crippen LogP contribution >= 0.6 is 0 Å². The van der Waals surface area contributed by atoms with Crippen molar-refractivity contribution in [2.45, 2.75) is 98.4 Å². The van der Waals surface area contributed by atoms with E-state index in [-0.39, 0.29) is 12.4 Å². The van der Waals surface area contributed by atoms with E-state index in [1.807, 2.05) is 0 Å². The fourth-order valence-corrected chi connectivity index (χ4v) is 4.96. The zero-order chi connectivity index (χ0) is 23.1. The van der Waals surface area contributed by atoms with Crippen LogP contribution in [0.4, 0.5) is 0 Å². The van der Waals surface area contributed by atoms with E-state index in [0.717, 1.165) is 37.9 Å². The van der Waals surface area contributed by atoms with Gasteiger partial charge in [-0.1, -0.05) is 84.0 Å². The maximum absolute atomic E-state index is 6.51. The van der Waals surface area contributed by atoms with Gasteiger partial charge in [0, 0.05) is 6.42 Å². The molecular formula is C30H44O2. The SMILES string of the molecule is CC(C)Cc1cc(C(CC(C)C)C(C)C)ccc1OC1CCCC(Cc2ccccc2)O1. The van der Waals surface area contributed by atoms with Gasteiger partial charge in [0.2, 0.25) is 0 Å². The van der Waals surface area contributed by atoms with E-state index < -0.39 is 0 Å². The molecule has 3 rings (SSSR count). The molecule has 1 aliphatic rings. The molecule has 3 atom stereocenters. The molecule has 2 aromatic rings. The molecule has 0 saturated carbocycles. The Morgan fingerprint density at radius 2 is 1.66 bits per heavy atom. The highest BCUT2D eigenvalue weighted by molar-refractivity contribution is 5.39. The van der Waals surface area contributed by atoms with Gasteiger partial charge in [0.15, 0.2) is 6.29 Å². The highest BCUT2D eigenvalue weighted by Gasteiger charge is 2.25. The Bertz CT molecular complexity index is 809. The molecule has 0 spiro atoms. The fraction of sp³-hybridized carbons (Fsp3) is 0.600. The van der Waals surface area contributed by atoms with Crippen LogP contribution in [0.15, 0.2) is 48.5 Å². The Hall–Kier alpha value is -1.80. The van der Waals surface area contributed by atoms with Crippen LogP contribution in [0.5, 0.6) is 5.75 Å². The minimum atomic E-state index is -0.147. The van der Waals surface area contributed by atoms with E-state index in [1.54, 1.807) is 0 Å². The summed E-state index contributed by atoms with van der Waals surface area (Å²) in [5.41, 5.74) is 4.14. The number of benzene rings is 2. The average Bonchev–Trinajstić information content (AvgIpc) is 2.74. The van der Waals surface area contributed by atoms with Gasteiger partial charge in [-0.15, -0.1) is 0 Å². The van der Waals surface area contributed by atoms with Crippen LogP contribution in [-0.4, -0.2) is 12.4 Å². The van der Waals surface area contributed by atoms with Gasteiger partial charge in [0.25, 0.3) is 0 Å². The Morgan fingerprint density at radius 3 is 2.31 bits per heavy atom. The number of hydrogen-bond donors (Lipinski definition) is 0. The van der Waals surface area contributed by atoms with Crippen molar-refractivity contribution in [3.05, 3.63) is 65.2 Å². The largest absolute Gasteiger partial charge is 0.465 e. The van der Waals surface area contributed by atoms with Gasteiger partial charge in [0.05, 0.1) is 6.10 Å². The van der Waals surface area contributed by atoms with Crippen LogP contribution in [0.25, 0.3) is 0 Å². The summed E-state index contributed by atoms with van der Waals surface area (Å²) in [4.78, 5) is 0. The van der Waals surface area contributed by atoms with Gasteiger partial charge < -0.3 is 9.47 Å². The highest BCUT2D eigenvalue weighted by atomic mass is 16.7. The molecule has 0 aliphatic carbocycles. The molecule has 3 unspecified atom stereocenters. The predicted molar refractivity (Wildman–Crippen MR) is 135 cm³/mol. The summed E-state index contributed by atoms with van der Waals surface area (Å²) in [6.07, 6.45) is 6.55. The zero-order valence-corrected chi connectivity index (χ0v) is 21.1. The summed E-state index contributed by atoms with van der Waals surface area (Å²) in [6, 6.07) is 17.6. The number of hydrogen-bond acceptors (Lipinski definition) is 2. The van der Waals surface area contributed by atoms with Gasteiger partial charge >= 0.3 is 0 Å². The first-order chi connectivity index (χ1) is 15.3. The number of ether oxygens (including phenoxy) is 2. The summed E-state index contributed by atoms with van der Waals surface area (Å²) in [5.74, 6) is 3.53. The molecule has 0 aromatic heterocycles. The molecule has 0 N–H and O–H groups in total. The Kier molecular flexibility index (Phi) is 9.22. The van der Waals surface area contributed by atoms with Crippen LogP contribution in [0.1, 0.15) is 89.8 Å². The molecule has 2 aromatic carbocycles. The van der Waals surface area contributed by atoms with E-state index in [9.17, 15) is 0 Å².